The van der Waals surface area contributed by atoms with Crippen molar-refractivity contribution < 1.29 is 0 Å². The zero-order chi connectivity index (χ0) is 13.0. The van der Waals surface area contributed by atoms with Gasteiger partial charge >= 0.3 is 0 Å². The molecule has 0 aliphatic heterocycles. The van der Waals surface area contributed by atoms with E-state index in [-0.39, 0.29) is 0 Å². The van der Waals surface area contributed by atoms with Gasteiger partial charge in [0.15, 0.2) is 0 Å². The molecule has 0 N–H and O–H groups in total. The maximum absolute atomic E-state index is 2.54. The van der Waals surface area contributed by atoms with Crippen LogP contribution >= 0.6 is 0 Å². The summed E-state index contributed by atoms with van der Waals surface area (Å²) in [5.74, 6) is 4.10. The van der Waals surface area contributed by atoms with E-state index in [1.54, 1.807) is 11.1 Å². The van der Waals surface area contributed by atoms with Crippen LogP contribution in [0.3, 0.4) is 0 Å². The van der Waals surface area contributed by atoms with Crippen LogP contribution in [0.1, 0.15) is 66.7 Å². The number of rotatable bonds is 0. The van der Waals surface area contributed by atoms with Crippen LogP contribution < -0.4 is 0 Å². The molecule has 4 unspecified atom stereocenters. The Balaban J connectivity index is 1.73. The molecule has 0 saturated heterocycles. The topological polar surface area (TPSA) is 0 Å². The van der Waals surface area contributed by atoms with Crippen molar-refractivity contribution in [3.05, 3.63) is 34.4 Å². The van der Waals surface area contributed by atoms with Crippen molar-refractivity contribution in [2.75, 3.05) is 0 Å². The van der Waals surface area contributed by atoms with Crippen molar-refractivity contribution in [3.8, 4) is 0 Å². The monoisotopic (exact) mass is 254 g/mol. The van der Waals surface area contributed by atoms with Gasteiger partial charge < -0.3 is 0 Å². The van der Waals surface area contributed by atoms with Crippen molar-refractivity contribution in [1.82, 2.24) is 0 Å². The highest BCUT2D eigenvalue weighted by Crippen LogP contribution is 2.55. The minimum Gasteiger partial charge on any atom is -0.0556 e. The van der Waals surface area contributed by atoms with Gasteiger partial charge in [0.2, 0.25) is 0 Å². The molecule has 0 heteroatoms. The van der Waals surface area contributed by atoms with Gasteiger partial charge in [0.05, 0.1) is 0 Å². The summed E-state index contributed by atoms with van der Waals surface area (Å²) in [5.41, 5.74) is 6.42. The van der Waals surface area contributed by atoms with E-state index in [0.717, 1.165) is 23.7 Å². The molecule has 2 fully saturated rings. The Kier molecular flexibility index (Phi) is 2.76. The molecular weight excluding hydrogens is 228 g/mol. The van der Waals surface area contributed by atoms with E-state index in [9.17, 15) is 0 Å². The maximum Gasteiger partial charge on any atom is -0.0128 e. The summed E-state index contributed by atoms with van der Waals surface area (Å²) < 4.78 is 0. The van der Waals surface area contributed by atoms with E-state index < -0.39 is 0 Å². The zero-order valence-corrected chi connectivity index (χ0v) is 12.4. The van der Waals surface area contributed by atoms with Crippen LogP contribution in [0.2, 0.25) is 0 Å². The Labute approximate surface area is 117 Å². The molecule has 3 aliphatic carbocycles. The van der Waals surface area contributed by atoms with Crippen molar-refractivity contribution in [2.45, 2.75) is 64.7 Å². The molecule has 0 nitrogen and oxygen atoms in total. The maximum atomic E-state index is 2.54. The smallest absolute Gasteiger partial charge is 0.0128 e. The molecule has 3 aliphatic rings. The van der Waals surface area contributed by atoms with E-state index in [0.29, 0.717) is 0 Å². The van der Waals surface area contributed by atoms with Gasteiger partial charge in [0.1, 0.15) is 0 Å². The van der Waals surface area contributed by atoms with E-state index >= 15 is 0 Å². The van der Waals surface area contributed by atoms with Crippen LogP contribution in [0.4, 0.5) is 0 Å². The first-order valence-electron chi connectivity index (χ1n) is 8.34. The molecule has 19 heavy (non-hydrogen) atoms. The SMILES string of the molecule is Cc1cc2c(cc1C)C1CCC3CCCC3C1CC2. The van der Waals surface area contributed by atoms with Crippen LogP contribution in [0, 0.1) is 31.6 Å². The lowest BCUT2D eigenvalue weighted by Gasteiger charge is -2.44. The quantitative estimate of drug-likeness (QED) is 0.600. The molecule has 1 aromatic carbocycles. The van der Waals surface area contributed by atoms with Crippen molar-refractivity contribution in [2.24, 2.45) is 17.8 Å². The Hall–Kier alpha value is -0.780. The summed E-state index contributed by atoms with van der Waals surface area (Å²) in [6, 6.07) is 5.03. The number of benzene rings is 1. The molecule has 2 saturated carbocycles. The lowest BCUT2D eigenvalue weighted by molar-refractivity contribution is 0.137. The second-order valence-corrected chi connectivity index (χ2v) is 7.38. The fraction of sp³-hybridized carbons (Fsp3) is 0.684. The van der Waals surface area contributed by atoms with Crippen molar-refractivity contribution >= 4 is 0 Å². The van der Waals surface area contributed by atoms with Gasteiger partial charge in [-0.1, -0.05) is 25.0 Å². The van der Waals surface area contributed by atoms with Crippen LogP contribution in [0.15, 0.2) is 12.1 Å². The second-order valence-electron chi connectivity index (χ2n) is 7.38. The van der Waals surface area contributed by atoms with Gasteiger partial charge in [0.25, 0.3) is 0 Å². The predicted molar refractivity (Wildman–Crippen MR) is 80.5 cm³/mol. The Morgan fingerprint density at radius 1 is 0.842 bits per heavy atom. The Morgan fingerprint density at radius 3 is 2.58 bits per heavy atom. The summed E-state index contributed by atoms with van der Waals surface area (Å²) in [6.45, 7) is 4.57. The molecule has 0 radical (unpaired) electrons. The third-order valence-corrected chi connectivity index (χ3v) is 6.54. The van der Waals surface area contributed by atoms with Crippen molar-refractivity contribution in [1.29, 1.82) is 0 Å². The summed E-state index contributed by atoms with van der Waals surface area (Å²) in [6.07, 6.45) is 10.4. The fourth-order valence-corrected chi connectivity index (χ4v) is 5.48. The van der Waals surface area contributed by atoms with Crippen LogP contribution in [0.5, 0.6) is 0 Å². The highest BCUT2D eigenvalue weighted by molar-refractivity contribution is 5.41. The van der Waals surface area contributed by atoms with Gasteiger partial charge in [-0.3, -0.25) is 0 Å². The first-order chi connectivity index (χ1) is 9.24. The molecular formula is C19H26. The van der Waals surface area contributed by atoms with Gasteiger partial charge in [-0.05, 0) is 91.9 Å². The number of hydrogen-bond acceptors (Lipinski definition) is 0. The van der Waals surface area contributed by atoms with Gasteiger partial charge in [-0.15, -0.1) is 0 Å². The third kappa shape index (κ3) is 1.79. The van der Waals surface area contributed by atoms with E-state index in [1.807, 2.05) is 0 Å². The second kappa shape index (κ2) is 4.36. The molecule has 0 amide bonds. The lowest BCUT2D eigenvalue weighted by Crippen LogP contribution is -2.34. The van der Waals surface area contributed by atoms with Crippen LogP contribution in [-0.2, 0) is 6.42 Å². The van der Waals surface area contributed by atoms with Crippen molar-refractivity contribution in [3.63, 3.8) is 0 Å². The lowest BCUT2D eigenvalue weighted by atomic mass is 9.61. The molecule has 4 rings (SSSR count). The molecule has 1 aromatic rings. The van der Waals surface area contributed by atoms with Gasteiger partial charge in [0, 0.05) is 0 Å². The minimum atomic E-state index is 0.905. The minimum absolute atomic E-state index is 0.905. The van der Waals surface area contributed by atoms with Gasteiger partial charge in [-0.25, -0.2) is 0 Å². The normalized spacial score (nSPS) is 36.5. The summed E-state index contributed by atoms with van der Waals surface area (Å²) in [7, 11) is 0. The first kappa shape index (κ1) is 12.0. The standard InChI is InChI=1S/C19H26/c1-12-10-15-7-9-17-16-5-3-4-14(16)6-8-18(17)19(15)11-13(12)2/h10-11,14,16-18H,3-9H2,1-2H3. The predicted octanol–water partition coefficient (Wildman–Crippen LogP) is 5.16. The van der Waals surface area contributed by atoms with Gasteiger partial charge in [-0.2, -0.15) is 0 Å². The number of fused-ring (bicyclic) bond motifs is 5. The zero-order valence-electron chi connectivity index (χ0n) is 12.4. The average molecular weight is 254 g/mol. The van der Waals surface area contributed by atoms with Crippen LogP contribution in [-0.4, -0.2) is 0 Å². The molecule has 0 bridgehead atoms. The highest BCUT2D eigenvalue weighted by Gasteiger charge is 2.43. The number of aryl methyl sites for hydroxylation is 3. The third-order valence-electron chi connectivity index (χ3n) is 6.54. The van der Waals surface area contributed by atoms with Crippen LogP contribution in [0.25, 0.3) is 0 Å². The molecule has 0 aromatic heterocycles. The molecule has 4 atom stereocenters. The largest absolute Gasteiger partial charge is 0.0556 e. The Bertz CT molecular complexity index is 499. The fourth-order valence-electron chi connectivity index (χ4n) is 5.48. The van der Waals surface area contributed by atoms with E-state index in [1.165, 1.54) is 56.1 Å². The molecule has 0 heterocycles. The van der Waals surface area contributed by atoms with E-state index in [4.69, 9.17) is 0 Å². The summed E-state index contributed by atoms with van der Waals surface area (Å²) in [4.78, 5) is 0. The average Bonchev–Trinajstić information content (AvgIpc) is 2.88. The highest BCUT2D eigenvalue weighted by atomic mass is 14.5. The summed E-state index contributed by atoms with van der Waals surface area (Å²) in [5, 5.41) is 0. The molecule has 0 spiro atoms. The first-order valence-corrected chi connectivity index (χ1v) is 8.34. The Morgan fingerprint density at radius 2 is 1.68 bits per heavy atom. The summed E-state index contributed by atoms with van der Waals surface area (Å²) >= 11 is 0. The van der Waals surface area contributed by atoms with E-state index in [2.05, 4.69) is 26.0 Å². The molecule has 102 valence electrons. The number of hydrogen-bond donors (Lipinski definition) is 0.